The molecule has 41 heavy (non-hydrogen) atoms. The zero-order chi connectivity index (χ0) is 28.5. The number of carbonyl (C=O) groups excluding carboxylic acids is 3. The van der Waals surface area contributed by atoms with Crippen molar-refractivity contribution in [1.82, 2.24) is 0 Å². The highest BCUT2D eigenvalue weighted by atomic mass is 19.1. The number of anilines is 1. The summed E-state index contributed by atoms with van der Waals surface area (Å²) in [5, 5.41) is 11.3. The number of nitro groups is 1. The lowest BCUT2D eigenvalue weighted by atomic mass is 9.64. The Kier molecular flexibility index (Phi) is 5.37. The number of fused-ring (bicyclic) bond motifs is 5. The molecule has 7 nitrogen and oxygen atoms in total. The van der Waals surface area contributed by atoms with Gasteiger partial charge in [-0.3, -0.25) is 24.5 Å². The second-order valence-electron chi connectivity index (χ2n) is 10.5. The molecule has 0 saturated carbocycles. The van der Waals surface area contributed by atoms with E-state index in [0.717, 1.165) is 5.56 Å². The predicted octanol–water partition coefficient (Wildman–Crippen LogP) is 6.05. The average Bonchev–Trinajstić information content (AvgIpc) is 3.43. The number of benzene rings is 4. The third-order valence-electron chi connectivity index (χ3n) is 8.57. The molecular weight excluding hydrogens is 523 g/mol. The van der Waals surface area contributed by atoms with Crippen LogP contribution in [0, 0.1) is 21.3 Å². The number of carbonyl (C=O) groups is 3. The first-order chi connectivity index (χ1) is 19.8. The average molecular weight is 545 g/mol. The highest BCUT2D eigenvalue weighted by Crippen LogP contribution is 2.60. The fourth-order valence-electron chi connectivity index (χ4n) is 6.88. The maximum atomic E-state index is 14.5. The molecule has 0 radical (unpaired) electrons. The summed E-state index contributed by atoms with van der Waals surface area (Å²) < 4.78 is 14.1. The zero-order valence-electron chi connectivity index (χ0n) is 21.4. The molecule has 1 fully saturated rings. The van der Waals surface area contributed by atoms with Gasteiger partial charge in [0.25, 0.3) is 5.69 Å². The molecule has 0 bridgehead atoms. The van der Waals surface area contributed by atoms with Gasteiger partial charge in [0, 0.05) is 40.4 Å². The van der Waals surface area contributed by atoms with Crippen molar-refractivity contribution < 1.29 is 23.7 Å². The molecule has 1 spiro atoms. The van der Waals surface area contributed by atoms with Crippen LogP contribution in [0.2, 0.25) is 0 Å². The molecule has 3 aliphatic rings. The van der Waals surface area contributed by atoms with Crippen LogP contribution in [0.15, 0.2) is 103 Å². The fraction of sp³-hybridized carbons (Fsp3) is 0.121. The van der Waals surface area contributed by atoms with E-state index in [4.69, 9.17) is 0 Å². The van der Waals surface area contributed by atoms with E-state index in [1.807, 2.05) is 41.3 Å². The standard InChI is InChI=1S/C33H21FN2O5/c34-22-14-9-20(10-15-22)28-29(30(37)21-11-16-23(17-12-21)36(40)41)35-26-8-4-1-5-19(26)13-18-27(35)33(28)31(38)24-6-2-3-7-25(24)32(33)39/h1-18,27-29H/t27?,28-,29+/m1/s1. The summed E-state index contributed by atoms with van der Waals surface area (Å²) in [5.74, 6) is -2.65. The maximum Gasteiger partial charge on any atom is 0.269 e. The van der Waals surface area contributed by atoms with Crippen molar-refractivity contribution >= 4 is 34.8 Å². The number of hydrogen-bond acceptors (Lipinski definition) is 6. The van der Waals surface area contributed by atoms with Gasteiger partial charge in [-0.25, -0.2) is 4.39 Å². The number of Topliss-reactive ketones (excluding diaryl/α,β-unsaturated/α-hetero) is 3. The summed E-state index contributed by atoms with van der Waals surface area (Å²) in [6, 6.07) is 23.1. The SMILES string of the molecule is O=C(c1ccc([N+](=O)[O-])cc1)[C@@H]1[C@@H](c2ccc(F)cc2)C2(C(=O)c3ccccc3C2=O)C2C=Cc3ccccc3N21. The molecule has 2 aliphatic heterocycles. The van der Waals surface area contributed by atoms with Crippen LogP contribution in [0.3, 0.4) is 0 Å². The molecule has 1 saturated heterocycles. The first-order valence-corrected chi connectivity index (χ1v) is 13.1. The van der Waals surface area contributed by atoms with Crippen LogP contribution in [-0.4, -0.2) is 34.4 Å². The lowest BCUT2D eigenvalue weighted by molar-refractivity contribution is -0.384. The topological polar surface area (TPSA) is 97.6 Å². The van der Waals surface area contributed by atoms with Crippen LogP contribution in [0.5, 0.6) is 0 Å². The number of halogens is 1. The van der Waals surface area contributed by atoms with Gasteiger partial charge in [-0.2, -0.15) is 0 Å². The molecule has 7 rings (SSSR count). The second kappa shape index (κ2) is 8.89. The molecule has 4 aromatic rings. The second-order valence-corrected chi connectivity index (χ2v) is 10.5. The molecule has 200 valence electrons. The van der Waals surface area contributed by atoms with E-state index in [-0.39, 0.29) is 22.8 Å². The van der Waals surface area contributed by atoms with Crippen LogP contribution in [0.1, 0.15) is 48.1 Å². The van der Waals surface area contributed by atoms with Crippen LogP contribution >= 0.6 is 0 Å². The quantitative estimate of drug-likeness (QED) is 0.134. The number of hydrogen-bond donors (Lipinski definition) is 0. The van der Waals surface area contributed by atoms with Crippen LogP contribution in [0.4, 0.5) is 15.8 Å². The summed E-state index contributed by atoms with van der Waals surface area (Å²) in [6.45, 7) is 0. The Morgan fingerprint density at radius 1 is 0.829 bits per heavy atom. The number of rotatable bonds is 4. The van der Waals surface area contributed by atoms with Gasteiger partial charge in [-0.15, -0.1) is 0 Å². The summed E-state index contributed by atoms with van der Waals surface area (Å²) in [6.07, 6.45) is 3.67. The molecular formula is C33H21FN2O5. The van der Waals surface area contributed by atoms with E-state index in [9.17, 15) is 28.9 Å². The summed E-state index contributed by atoms with van der Waals surface area (Å²) in [4.78, 5) is 56.2. The van der Waals surface area contributed by atoms with Gasteiger partial charge in [-0.1, -0.05) is 66.7 Å². The molecule has 8 heteroatoms. The smallest absolute Gasteiger partial charge is 0.269 e. The summed E-state index contributed by atoms with van der Waals surface area (Å²) in [5.41, 5.74) is 0.886. The fourth-order valence-corrected chi connectivity index (χ4v) is 6.88. The number of nitro benzene ring substituents is 1. The Morgan fingerprint density at radius 2 is 1.44 bits per heavy atom. The maximum absolute atomic E-state index is 14.5. The van der Waals surface area contributed by atoms with E-state index in [0.29, 0.717) is 22.4 Å². The molecule has 0 N–H and O–H groups in total. The van der Waals surface area contributed by atoms with Crippen molar-refractivity contribution in [2.45, 2.75) is 18.0 Å². The van der Waals surface area contributed by atoms with Crippen molar-refractivity contribution in [2.75, 3.05) is 4.90 Å². The van der Waals surface area contributed by atoms with Gasteiger partial charge in [0.15, 0.2) is 17.3 Å². The molecule has 1 unspecified atom stereocenters. The van der Waals surface area contributed by atoms with Crippen molar-refractivity contribution in [3.8, 4) is 0 Å². The first kappa shape index (κ1) is 24.8. The molecule has 2 heterocycles. The van der Waals surface area contributed by atoms with Gasteiger partial charge >= 0.3 is 0 Å². The van der Waals surface area contributed by atoms with Crippen molar-refractivity contribution in [3.63, 3.8) is 0 Å². The van der Waals surface area contributed by atoms with Gasteiger partial charge in [0.05, 0.1) is 11.0 Å². The minimum atomic E-state index is -1.70. The van der Waals surface area contributed by atoms with E-state index in [1.54, 1.807) is 24.3 Å². The van der Waals surface area contributed by atoms with Gasteiger partial charge in [-0.05, 0) is 41.5 Å². The number of ketones is 3. The Labute approximate surface area is 233 Å². The van der Waals surface area contributed by atoms with E-state index in [1.165, 1.54) is 48.5 Å². The van der Waals surface area contributed by atoms with Crippen molar-refractivity contribution in [3.05, 3.63) is 147 Å². The van der Waals surface area contributed by atoms with Gasteiger partial charge in [0.2, 0.25) is 0 Å². The Hall–Kier alpha value is -5.24. The first-order valence-electron chi connectivity index (χ1n) is 13.1. The largest absolute Gasteiger partial charge is 0.352 e. The highest BCUT2D eigenvalue weighted by molar-refractivity contribution is 6.32. The zero-order valence-corrected chi connectivity index (χ0v) is 21.4. The normalized spacial score (nSPS) is 21.5. The van der Waals surface area contributed by atoms with Crippen LogP contribution in [-0.2, 0) is 0 Å². The third-order valence-corrected chi connectivity index (χ3v) is 8.57. The Balaban J connectivity index is 1.52. The summed E-state index contributed by atoms with van der Waals surface area (Å²) in [7, 11) is 0. The van der Waals surface area contributed by atoms with Gasteiger partial charge in [0.1, 0.15) is 17.3 Å². The van der Waals surface area contributed by atoms with Crippen LogP contribution < -0.4 is 4.90 Å². The summed E-state index contributed by atoms with van der Waals surface area (Å²) >= 11 is 0. The van der Waals surface area contributed by atoms with E-state index < -0.39 is 39.9 Å². The molecule has 0 aromatic heterocycles. The number of para-hydroxylation sites is 1. The minimum absolute atomic E-state index is 0.166. The lowest BCUT2D eigenvalue weighted by Gasteiger charge is -2.37. The van der Waals surface area contributed by atoms with Gasteiger partial charge < -0.3 is 4.90 Å². The number of nitrogens with zero attached hydrogens (tertiary/aromatic N) is 2. The van der Waals surface area contributed by atoms with Crippen LogP contribution in [0.25, 0.3) is 6.08 Å². The Bertz CT molecular complexity index is 1780. The van der Waals surface area contributed by atoms with Crippen molar-refractivity contribution in [1.29, 1.82) is 0 Å². The van der Waals surface area contributed by atoms with Crippen molar-refractivity contribution in [2.24, 2.45) is 5.41 Å². The highest BCUT2D eigenvalue weighted by Gasteiger charge is 2.71. The minimum Gasteiger partial charge on any atom is -0.352 e. The Morgan fingerprint density at radius 3 is 2.07 bits per heavy atom. The predicted molar refractivity (Wildman–Crippen MR) is 150 cm³/mol. The van der Waals surface area contributed by atoms with E-state index >= 15 is 0 Å². The molecule has 0 amide bonds. The number of non-ortho nitro benzene ring substituents is 1. The lowest BCUT2D eigenvalue weighted by Crippen LogP contribution is -2.48. The third kappa shape index (κ3) is 3.34. The van der Waals surface area contributed by atoms with E-state index in [2.05, 4.69) is 0 Å². The molecule has 4 aromatic carbocycles. The monoisotopic (exact) mass is 544 g/mol. The molecule has 1 aliphatic carbocycles. The molecule has 3 atom stereocenters.